The van der Waals surface area contributed by atoms with Crippen LogP contribution in [-0.2, 0) is 0 Å². The molecule has 0 fully saturated rings. The van der Waals surface area contributed by atoms with Gasteiger partial charge in [-0.1, -0.05) is 29.3 Å². The summed E-state index contributed by atoms with van der Waals surface area (Å²) in [6.07, 6.45) is 1.30. The van der Waals surface area contributed by atoms with Crippen molar-refractivity contribution in [2.24, 2.45) is 0 Å². The summed E-state index contributed by atoms with van der Waals surface area (Å²) in [6.45, 7) is 1.63. The molecule has 0 radical (unpaired) electrons. The highest BCUT2D eigenvalue weighted by atomic mass is 35.5. The summed E-state index contributed by atoms with van der Waals surface area (Å²) in [5.74, 6) is -1.14. The standard InChI is InChI=1S/C16H12Cl2N6O2/c1-9-14(23-24(22-9)12-4-2-3-11(17)7-12)16(26)21-20-15(25)10-5-6-13(18)19-8-10/h2-8H,1H3,(H,20,25)(H,21,26). The number of pyridine rings is 1. The molecule has 0 aliphatic carbocycles. The smallest absolute Gasteiger partial charge is 0.267 e. The Kier molecular flexibility index (Phi) is 5.15. The van der Waals surface area contributed by atoms with E-state index in [4.69, 9.17) is 23.2 Å². The van der Waals surface area contributed by atoms with Crippen molar-refractivity contribution in [1.29, 1.82) is 0 Å². The van der Waals surface area contributed by atoms with Gasteiger partial charge >= 0.3 is 0 Å². The van der Waals surface area contributed by atoms with Gasteiger partial charge in [0.1, 0.15) is 5.15 Å². The van der Waals surface area contributed by atoms with Gasteiger partial charge in [-0.15, -0.1) is 5.10 Å². The van der Waals surface area contributed by atoms with E-state index in [9.17, 15) is 9.59 Å². The minimum absolute atomic E-state index is 0.0690. The van der Waals surface area contributed by atoms with E-state index < -0.39 is 11.8 Å². The summed E-state index contributed by atoms with van der Waals surface area (Å²) >= 11 is 11.6. The van der Waals surface area contributed by atoms with Crippen molar-refractivity contribution >= 4 is 35.0 Å². The number of hydrazine groups is 1. The normalized spacial score (nSPS) is 10.4. The third kappa shape index (κ3) is 3.98. The van der Waals surface area contributed by atoms with Crippen molar-refractivity contribution in [3.05, 3.63) is 69.7 Å². The number of aromatic nitrogens is 4. The first-order valence-corrected chi connectivity index (χ1v) is 8.12. The molecule has 0 bridgehead atoms. The number of hydrogen-bond acceptors (Lipinski definition) is 5. The van der Waals surface area contributed by atoms with Crippen LogP contribution in [0.25, 0.3) is 5.69 Å². The molecule has 0 atom stereocenters. The molecule has 2 heterocycles. The average molecular weight is 391 g/mol. The van der Waals surface area contributed by atoms with Gasteiger partial charge in [0.2, 0.25) is 0 Å². The molecule has 0 unspecified atom stereocenters. The predicted molar refractivity (Wildman–Crippen MR) is 95.3 cm³/mol. The first kappa shape index (κ1) is 17.8. The quantitative estimate of drug-likeness (QED) is 0.527. The number of carbonyl (C=O) groups is 2. The van der Waals surface area contributed by atoms with E-state index in [1.165, 1.54) is 23.1 Å². The van der Waals surface area contributed by atoms with Crippen LogP contribution in [0.1, 0.15) is 26.5 Å². The van der Waals surface area contributed by atoms with Gasteiger partial charge in [0.05, 0.1) is 16.9 Å². The number of nitrogens with one attached hydrogen (secondary N) is 2. The van der Waals surface area contributed by atoms with Gasteiger partial charge < -0.3 is 0 Å². The summed E-state index contributed by atoms with van der Waals surface area (Å²) in [5, 5.41) is 9.11. The maximum atomic E-state index is 12.3. The monoisotopic (exact) mass is 390 g/mol. The highest BCUT2D eigenvalue weighted by Gasteiger charge is 2.17. The Bertz CT molecular complexity index is 971. The highest BCUT2D eigenvalue weighted by Crippen LogP contribution is 2.14. The summed E-state index contributed by atoms with van der Waals surface area (Å²) in [5.41, 5.74) is 5.88. The zero-order chi connectivity index (χ0) is 18.7. The molecule has 10 heteroatoms. The third-order valence-corrected chi connectivity index (χ3v) is 3.77. The van der Waals surface area contributed by atoms with Gasteiger partial charge in [-0.25, -0.2) is 4.98 Å². The lowest BCUT2D eigenvalue weighted by Crippen LogP contribution is -2.42. The number of carbonyl (C=O) groups excluding carboxylic acids is 2. The van der Waals surface area contributed by atoms with Crippen LogP contribution in [0.2, 0.25) is 10.2 Å². The van der Waals surface area contributed by atoms with Gasteiger partial charge in [-0.3, -0.25) is 20.4 Å². The third-order valence-electron chi connectivity index (χ3n) is 3.32. The molecular weight excluding hydrogens is 379 g/mol. The SMILES string of the molecule is Cc1nn(-c2cccc(Cl)c2)nc1C(=O)NNC(=O)c1ccc(Cl)nc1. The lowest BCUT2D eigenvalue weighted by atomic mass is 10.3. The highest BCUT2D eigenvalue weighted by molar-refractivity contribution is 6.30. The number of benzene rings is 1. The first-order chi connectivity index (χ1) is 12.4. The summed E-state index contributed by atoms with van der Waals surface area (Å²) < 4.78 is 0. The van der Waals surface area contributed by atoms with E-state index in [2.05, 4.69) is 26.0 Å². The van der Waals surface area contributed by atoms with Gasteiger partial charge in [-0.2, -0.15) is 9.90 Å². The van der Waals surface area contributed by atoms with E-state index >= 15 is 0 Å². The Morgan fingerprint density at radius 1 is 1.04 bits per heavy atom. The zero-order valence-corrected chi connectivity index (χ0v) is 14.9. The Morgan fingerprint density at radius 2 is 1.81 bits per heavy atom. The number of amides is 2. The van der Waals surface area contributed by atoms with Gasteiger partial charge in [-0.05, 0) is 37.3 Å². The van der Waals surface area contributed by atoms with Crippen LogP contribution in [0, 0.1) is 6.92 Å². The first-order valence-electron chi connectivity index (χ1n) is 7.36. The lowest BCUT2D eigenvalue weighted by Gasteiger charge is -2.06. The van der Waals surface area contributed by atoms with Crippen LogP contribution < -0.4 is 10.9 Å². The largest absolute Gasteiger partial charge is 0.292 e. The minimum Gasteiger partial charge on any atom is -0.267 e. The second-order valence-corrected chi connectivity index (χ2v) is 6.00. The second kappa shape index (κ2) is 7.51. The number of rotatable bonds is 3. The number of halogens is 2. The predicted octanol–water partition coefficient (Wildman–Crippen LogP) is 2.35. The number of aryl methyl sites for hydroxylation is 1. The minimum atomic E-state index is -0.606. The molecular formula is C16H12Cl2N6O2. The maximum Gasteiger partial charge on any atom is 0.292 e. The molecule has 0 aliphatic heterocycles. The molecule has 8 nitrogen and oxygen atoms in total. The molecule has 1 aromatic carbocycles. The van der Waals surface area contributed by atoms with Crippen LogP contribution in [0.15, 0.2) is 42.6 Å². The molecule has 132 valence electrons. The molecule has 26 heavy (non-hydrogen) atoms. The van der Waals surface area contributed by atoms with Crippen molar-refractivity contribution in [3.63, 3.8) is 0 Å². The van der Waals surface area contributed by atoms with E-state index in [1.54, 1.807) is 31.2 Å². The van der Waals surface area contributed by atoms with Gasteiger partial charge in [0.25, 0.3) is 11.8 Å². The van der Waals surface area contributed by atoms with Crippen LogP contribution in [0.5, 0.6) is 0 Å². The maximum absolute atomic E-state index is 12.3. The summed E-state index contributed by atoms with van der Waals surface area (Å²) in [6, 6.07) is 9.84. The number of hydrogen-bond donors (Lipinski definition) is 2. The van der Waals surface area contributed by atoms with Crippen molar-refractivity contribution < 1.29 is 9.59 Å². The van der Waals surface area contributed by atoms with E-state index in [-0.39, 0.29) is 16.4 Å². The lowest BCUT2D eigenvalue weighted by molar-refractivity contribution is 0.0843. The zero-order valence-electron chi connectivity index (χ0n) is 13.4. The molecule has 0 aliphatic rings. The van der Waals surface area contributed by atoms with Crippen molar-refractivity contribution in [1.82, 2.24) is 30.8 Å². The molecule has 0 saturated carbocycles. The summed E-state index contributed by atoms with van der Waals surface area (Å²) in [7, 11) is 0. The number of nitrogens with zero attached hydrogens (tertiary/aromatic N) is 4. The fourth-order valence-electron chi connectivity index (χ4n) is 2.06. The molecule has 3 aromatic rings. The Balaban J connectivity index is 1.70. The summed E-state index contributed by atoms with van der Waals surface area (Å²) in [4.78, 5) is 29.3. The molecule has 2 aromatic heterocycles. The fourth-order valence-corrected chi connectivity index (χ4v) is 2.36. The topological polar surface area (TPSA) is 102 Å². The van der Waals surface area contributed by atoms with Crippen LogP contribution in [0.4, 0.5) is 0 Å². The Morgan fingerprint density at radius 3 is 2.50 bits per heavy atom. The van der Waals surface area contributed by atoms with Crippen LogP contribution >= 0.6 is 23.2 Å². The Labute approximate surface area is 158 Å². The van der Waals surface area contributed by atoms with Gasteiger partial charge in [0, 0.05) is 11.2 Å². The van der Waals surface area contributed by atoms with E-state index in [1.807, 2.05) is 0 Å². The van der Waals surface area contributed by atoms with E-state index in [0.717, 1.165) is 0 Å². The van der Waals surface area contributed by atoms with Crippen LogP contribution in [0.3, 0.4) is 0 Å². The molecule has 2 amide bonds. The second-order valence-electron chi connectivity index (χ2n) is 5.18. The molecule has 3 rings (SSSR count). The van der Waals surface area contributed by atoms with E-state index in [0.29, 0.717) is 16.4 Å². The average Bonchev–Trinajstić information content (AvgIpc) is 3.02. The molecule has 0 spiro atoms. The van der Waals surface area contributed by atoms with Crippen LogP contribution in [-0.4, -0.2) is 31.8 Å². The van der Waals surface area contributed by atoms with Crippen molar-refractivity contribution in [3.8, 4) is 5.69 Å². The molecule has 2 N–H and O–H groups in total. The van der Waals surface area contributed by atoms with Crippen molar-refractivity contribution in [2.45, 2.75) is 6.92 Å². The van der Waals surface area contributed by atoms with Gasteiger partial charge in [0.15, 0.2) is 5.69 Å². The Hall–Kier alpha value is -2.97. The fraction of sp³-hybridized carbons (Fsp3) is 0.0625. The molecule has 0 saturated heterocycles. The van der Waals surface area contributed by atoms with Crippen molar-refractivity contribution in [2.75, 3.05) is 0 Å².